The van der Waals surface area contributed by atoms with E-state index in [-0.39, 0.29) is 0 Å². The van der Waals surface area contributed by atoms with Gasteiger partial charge in [0.1, 0.15) is 0 Å². The molecule has 1 aromatic carbocycles. The summed E-state index contributed by atoms with van der Waals surface area (Å²) < 4.78 is 0. The molecule has 0 aromatic heterocycles. The lowest BCUT2D eigenvalue weighted by Crippen LogP contribution is -2.60. The van der Waals surface area contributed by atoms with E-state index < -0.39 is 0 Å². The molecule has 1 heterocycles. The predicted octanol–water partition coefficient (Wildman–Crippen LogP) is 3.21. The fourth-order valence-corrected chi connectivity index (χ4v) is 5.28. The second-order valence-electron chi connectivity index (χ2n) is 7.03. The molecule has 2 nitrogen and oxygen atoms in total. The van der Waals surface area contributed by atoms with Crippen LogP contribution >= 0.6 is 0 Å². The first-order valence-corrected chi connectivity index (χ1v) is 8.06. The van der Waals surface area contributed by atoms with E-state index in [9.17, 15) is 4.79 Å². The molecule has 106 valence electrons. The molecule has 4 rings (SSSR count). The molecule has 3 atom stereocenters. The predicted molar refractivity (Wildman–Crippen MR) is 79.7 cm³/mol. The SMILES string of the molecule is Cc1ccc2c(c1)[C@@]13CCCC[C@H]1[C@H](C2)N(C=O)CC3. The summed E-state index contributed by atoms with van der Waals surface area (Å²) in [5.41, 5.74) is 4.90. The molecular formula is C18H23NO. The average Bonchev–Trinajstić information content (AvgIpc) is 2.48. The normalized spacial score (nSPS) is 35.1. The highest BCUT2D eigenvalue weighted by Crippen LogP contribution is 2.55. The van der Waals surface area contributed by atoms with E-state index in [1.54, 1.807) is 5.56 Å². The quantitative estimate of drug-likeness (QED) is 0.717. The van der Waals surface area contributed by atoms with E-state index in [0.717, 1.165) is 19.4 Å². The van der Waals surface area contributed by atoms with Crippen LogP contribution in [0.5, 0.6) is 0 Å². The van der Waals surface area contributed by atoms with E-state index in [1.165, 1.54) is 43.2 Å². The molecule has 0 spiro atoms. The van der Waals surface area contributed by atoms with Crippen LogP contribution in [0.4, 0.5) is 0 Å². The van der Waals surface area contributed by atoms with E-state index in [2.05, 4.69) is 30.0 Å². The van der Waals surface area contributed by atoms with Gasteiger partial charge in [-0.1, -0.05) is 36.6 Å². The standard InChI is InChI=1S/C18H23NO/c1-13-5-6-14-11-17-15-4-2-3-7-18(15,16(14)10-13)8-9-19(17)12-20/h5-6,10,12,15,17H,2-4,7-9,11H2,1H3/t15-,17-,18+/m0/s1. The van der Waals surface area contributed by atoms with Crippen molar-refractivity contribution in [3.05, 3.63) is 34.9 Å². The van der Waals surface area contributed by atoms with Crippen LogP contribution in [0.1, 0.15) is 48.8 Å². The molecular weight excluding hydrogens is 246 g/mol. The Balaban J connectivity index is 1.89. The maximum atomic E-state index is 11.4. The second kappa shape index (κ2) is 4.34. The molecule has 2 heteroatoms. The Kier molecular flexibility index (Phi) is 2.70. The molecule has 2 fully saturated rings. The number of piperidine rings is 1. The number of rotatable bonds is 1. The average molecular weight is 269 g/mol. The van der Waals surface area contributed by atoms with Gasteiger partial charge >= 0.3 is 0 Å². The highest BCUT2D eigenvalue weighted by molar-refractivity contribution is 5.52. The van der Waals surface area contributed by atoms with Crippen molar-refractivity contribution in [2.24, 2.45) is 5.92 Å². The van der Waals surface area contributed by atoms with Crippen molar-refractivity contribution in [1.29, 1.82) is 0 Å². The maximum absolute atomic E-state index is 11.4. The summed E-state index contributed by atoms with van der Waals surface area (Å²) in [4.78, 5) is 13.5. The summed E-state index contributed by atoms with van der Waals surface area (Å²) in [5, 5.41) is 0. The van der Waals surface area contributed by atoms with Gasteiger partial charge < -0.3 is 4.90 Å². The van der Waals surface area contributed by atoms with Crippen molar-refractivity contribution in [2.45, 2.75) is 56.9 Å². The van der Waals surface area contributed by atoms with E-state index in [0.29, 0.717) is 17.4 Å². The van der Waals surface area contributed by atoms with Crippen molar-refractivity contribution in [2.75, 3.05) is 6.54 Å². The summed E-state index contributed by atoms with van der Waals surface area (Å²) in [6.07, 6.45) is 8.68. The molecule has 1 aromatic rings. The second-order valence-corrected chi connectivity index (χ2v) is 7.03. The van der Waals surface area contributed by atoms with Gasteiger partial charge in [0.25, 0.3) is 0 Å². The van der Waals surface area contributed by atoms with Gasteiger partial charge in [0.15, 0.2) is 0 Å². The topological polar surface area (TPSA) is 20.3 Å². The molecule has 1 aliphatic heterocycles. The Morgan fingerprint density at radius 1 is 1.30 bits per heavy atom. The first-order valence-electron chi connectivity index (χ1n) is 8.06. The Bertz CT molecular complexity index is 552. The third-order valence-corrected chi connectivity index (χ3v) is 6.17. The number of likely N-dealkylation sites (tertiary alicyclic amines) is 1. The molecule has 0 unspecified atom stereocenters. The number of aryl methyl sites for hydroxylation is 1. The molecule has 0 radical (unpaired) electrons. The number of hydrogen-bond acceptors (Lipinski definition) is 1. The summed E-state index contributed by atoms with van der Waals surface area (Å²) in [7, 11) is 0. The number of fused-ring (bicyclic) bond motifs is 1. The summed E-state index contributed by atoms with van der Waals surface area (Å²) in [6.45, 7) is 3.17. The highest BCUT2D eigenvalue weighted by atomic mass is 16.1. The van der Waals surface area contributed by atoms with Crippen molar-refractivity contribution in [1.82, 2.24) is 4.90 Å². The zero-order valence-corrected chi connectivity index (χ0v) is 12.3. The smallest absolute Gasteiger partial charge is 0.209 e. The summed E-state index contributed by atoms with van der Waals surface area (Å²) in [6, 6.07) is 7.45. The number of nitrogens with zero attached hydrogens (tertiary/aromatic N) is 1. The largest absolute Gasteiger partial charge is 0.342 e. The van der Waals surface area contributed by atoms with E-state index in [1.807, 2.05) is 0 Å². The van der Waals surface area contributed by atoms with Crippen LogP contribution < -0.4 is 0 Å². The lowest BCUT2D eigenvalue weighted by Gasteiger charge is -2.58. The van der Waals surface area contributed by atoms with Crippen molar-refractivity contribution in [3.63, 3.8) is 0 Å². The van der Waals surface area contributed by atoms with Crippen molar-refractivity contribution in [3.8, 4) is 0 Å². The van der Waals surface area contributed by atoms with Crippen LogP contribution in [0, 0.1) is 12.8 Å². The van der Waals surface area contributed by atoms with Gasteiger partial charge in [0.2, 0.25) is 6.41 Å². The van der Waals surface area contributed by atoms with Gasteiger partial charge in [-0.05, 0) is 49.7 Å². The van der Waals surface area contributed by atoms with E-state index >= 15 is 0 Å². The zero-order chi connectivity index (χ0) is 13.7. The number of carbonyl (C=O) groups is 1. The Morgan fingerprint density at radius 3 is 3.05 bits per heavy atom. The summed E-state index contributed by atoms with van der Waals surface area (Å²) >= 11 is 0. The van der Waals surface area contributed by atoms with Crippen LogP contribution in [0.3, 0.4) is 0 Å². The van der Waals surface area contributed by atoms with Crippen LogP contribution in [-0.4, -0.2) is 23.9 Å². The van der Waals surface area contributed by atoms with E-state index in [4.69, 9.17) is 0 Å². The Labute approximate surface area is 121 Å². The lowest BCUT2D eigenvalue weighted by atomic mass is 9.52. The van der Waals surface area contributed by atoms with Gasteiger partial charge in [0.05, 0.1) is 0 Å². The molecule has 2 bridgehead atoms. The molecule has 1 amide bonds. The Hall–Kier alpha value is -1.31. The van der Waals surface area contributed by atoms with Gasteiger partial charge in [-0.15, -0.1) is 0 Å². The molecule has 1 saturated carbocycles. The molecule has 20 heavy (non-hydrogen) atoms. The first kappa shape index (κ1) is 12.4. The fourth-order valence-electron chi connectivity index (χ4n) is 5.28. The molecule has 1 saturated heterocycles. The molecule has 3 aliphatic rings. The maximum Gasteiger partial charge on any atom is 0.209 e. The van der Waals surface area contributed by atoms with Gasteiger partial charge in [0, 0.05) is 18.0 Å². The van der Waals surface area contributed by atoms with Gasteiger partial charge in [-0.2, -0.15) is 0 Å². The monoisotopic (exact) mass is 269 g/mol. The lowest BCUT2D eigenvalue weighted by molar-refractivity contribution is -0.126. The fraction of sp³-hybridized carbons (Fsp3) is 0.611. The van der Waals surface area contributed by atoms with Crippen molar-refractivity contribution < 1.29 is 4.79 Å². The minimum absolute atomic E-state index is 0.377. The Morgan fingerprint density at radius 2 is 2.20 bits per heavy atom. The van der Waals surface area contributed by atoms with Crippen LogP contribution in [0.2, 0.25) is 0 Å². The summed E-state index contributed by atoms with van der Waals surface area (Å²) in [5.74, 6) is 0.699. The minimum atomic E-state index is 0.377. The van der Waals surface area contributed by atoms with Gasteiger partial charge in [-0.25, -0.2) is 0 Å². The third kappa shape index (κ3) is 1.54. The van der Waals surface area contributed by atoms with Crippen LogP contribution in [0.15, 0.2) is 18.2 Å². The highest BCUT2D eigenvalue weighted by Gasteiger charge is 2.53. The molecule has 0 N–H and O–H groups in total. The van der Waals surface area contributed by atoms with Gasteiger partial charge in [-0.3, -0.25) is 4.79 Å². The first-order chi connectivity index (χ1) is 9.74. The van der Waals surface area contributed by atoms with Crippen molar-refractivity contribution >= 4 is 6.41 Å². The minimum Gasteiger partial charge on any atom is -0.342 e. The third-order valence-electron chi connectivity index (χ3n) is 6.17. The molecule has 2 aliphatic carbocycles. The van der Waals surface area contributed by atoms with Crippen LogP contribution in [0.25, 0.3) is 0 Å². The zero-order valence-electron chi connectivity index (χ0n) is 12.3. The number of carbonyl (C=O) groups excluding carboxylic acids is 1. The number of amides is 1. The number of hydrogen-bond donors (Lipinski definition) is 0. The number of benzene rings is 1. The van der Waals surface area contributed by atoms with Crippen LogP contribution in [-0.2, 0) is 16.6 Å².